The normalized spacial score (nSPS) is 11.3. The van der Waals surface area contributed by atoms with Crippen LogP contribution in [0.4, 0.5) is 10.1 Å². The maximum atomic E-state index is 12.8. The fraction of sp³-hybridized carbons (Fsp3) is 0.417. The minimum Gasteiger partial charge on any atom is -0.389 e. The van der Waals surface area contributed by atoms with Crippen molar-refractivity contribution in [2.75, 3.05) is 18.4 Å². The topological polar surface area (TPSA) is 61.4 Å². The fourth-order valence-electron chi connectivity index (χ4n) is 1.25. The third-order valence-electron chi connectivity index (χ3n) is 1.95. The summed E-state index contributed by atoms with van der Waals surface area (Å²) in [5.74, 6) is -0.674. The molecule has 3 N–H and O–H groups in total. The summed E-state index contributed by atoms with van der Waals surface area (Å²) in [6.45, 7) is 3.67. The van der Waals surface area contributed by atoms with Crippen molar-refractivity contribution in [2.24, 2.45) is 0 Å². The number of hydrogen-bond donors (Lipinski definition) is 3. The van der Waals surface area contributed by atoms with Gasteiger partial charge in [0.15, 0.2) is 0 Å². The van der Waals surface area contributed by atoms with Crippen LogP contribution in [0.15, 0.2) is 24.3 Å². The number of nitrogens with one attached hydrogen (secondary N) is 2. The van der Waals surface area contributed by atoms with Crippen LogP contribution < -0.4 is 10.6 Å². The molecule has 1 aromatic carbocycles. The monoisotopic (exact) mass is 240 g/mol. The number of aliphatic hydroxyl groups is 1. The van der Waals surface area contributed by atoms with E-state index in [9.17, 15) is 14.3 Å². The predicted octanol–water partition coefficient (Wildman–Crippen LogP) is 1.12. The average molecular weight is 240 g/mol. The van der Waals surface area contributed by atoms with Crippen molar-refractivity contribution in [1.29, 1.82) is 0 Å². The molecule has 0 aliphatic rings. The molecule has 0 radical (unpaired) electrons. The summed E-state index contributed by atoms with van der Waals surface area (Å²) < 4.78 is 12.8. The molecule has 1 rings (SSSR count). The van der Waals surface area contributed by atoms with Crippen molar-refractivity contribution in [1.82, 2.24) is 5.32 Å². The van der Waals surface area contributed by atoms with E-state index in [1.54, 1.807) is 19.9 Å². The van der Waals surface area contributed by atoms with Gasteiger partial charge in [-0.3, -0.25) is 4.79 Å². The van der Waals surface area contributed by atoms with Crippen molar-refractivity contribution in [3.05, 3.63) is 30.1 Å². The van der Waals surface area contributed by atoms with Gasteiger partial charge in [0, 0.05) is 12.2 Å². The van der Waals surface area contributed by atoms with Crippen LogP contribution in [0.2, 0.25) is 0 Å². The van der Waals surface area contributed by atoms with E-state index in [4.69, 9.17) is 0 Å². The van der Waals surface area contributed by atoms with Crippen LogP contribution in [-0.2, 0) is 4.79 Å². The van der Waals surface area contributed by atoms with Crippen LogP contribution in [0, 0.1) is 5.82 Å². The molecule has 0 saturated heterocycles. The number of hydrogen-bond acceptors (Lipinski definition) is 3. The van der Waals surface area contributed by atoms with Gasteiger partial charge in [0.1, 0.15) is 5.82 Å². The van der Waals surface area contributed by atoms with Crippen LogP contribution >= 0.6 is 0 Å². The standard InChI is InChI=1S/C12H17FN2O2/c1-12(2,17)8-14-7-11(16)15-10-5-3-4-9(13)6-10/h3-6,14,17H,7-8H2,1-2H3,(H,15,16). The van der Waals surface area contributed by atoms with Crippen molar-refractivity contribution >= 4 is 11.6 Å². The Morgan fingerprint density at radius 3 is 2.76 bits per heavy atom. The van der Waals surface area contributed by atoms with Gasteiger partial charge in [0.2, 0.25) is 5.91 Å². The molecular weight excluding hydrogens is 223 g/mol. The second kappa shape index (κ2) is 5.75. The molecule has 1 aromatic rings. The molecule has 0 spiro atoms. The molecule has 0 atom stereocenters. The van der Waals surface area contributed by atoms with E-state index in [-0.39, 0.29) is 12.5 Å². The lowest BCUT2D eigenvalue weighted by atomic mass is 10.1. The second-order valence-corrected chi connectivity index (χ2v) is 4.47. The largest absolute Gasteiger partial charge is 0.389 e. The molecule has 0 heterocycles. The van der Waals surface area contributed by atoms with Crippen molar-refractivity contribution in [3.63, 3.8) is 0 Å². The lowest BCUT2D eigenvalue weighted by Crippen LogP contribution is -2.38. The highest BCUT2D eigenvalue weighted by Crippen LogP contribution is 2.08. The third kappa shape index (κ3) is 5.99. The first-order valence-electron chi connectivity index (χ1n) is 5.35. The number of halogens is 1. The molecule has 0 fully saturated rings. The van der Waals surface area contributed by atoms with E-state index < -0.39 is 11.4 Å². The Hall–Kier alpha value is -1.46. The second-order valence-electron chi connectivity index (χ2n) is 4.47. The first kappa shape index (κ1) is 13.6. The molecule has 5 heteroatoms. The Kier molecular flexibility index (Phi) is 4.60. The molecule has 0 aromatic heterocycles. The molecule has 1 amide bonds. The fourth-order valence-corrected chi connectivity index (χ4v) is 1.25. The van der Waals surface area contributed by atoms with Gasteiger partial charge in [0.05, 0.1) is 12.1 Å². The molecule has 0 aliphatic carbocycles. The number of amides is 1. The van der Waals surface area contributed by atoms with E-state index in [1.807, 2.05) is 0 Å². The van der Waals surface area contributed by atoms with Crippen LogP contribution in [0.5, 0.6) is 0 Å². The molecule has 17 heavy (non-hydrogen) atoms. The van der Waals surface area contributed by atoms with Crippen molar-refractivity contribution in [2.45, 2.75) is 19.4 Å². The van der Waals surface area contributed by atoms with Gasteiger partial charge in [0.25, 0.3) is 0 Å². The quantitative estimate of drug-likeness (QED) is 0.723. The summed E-state index contributed by atoms with van der Waals surface area (Å²) in [6, 6.07) is 5.68. The van der Waals surface area contributed by atoms with E-state index in [1.165, 1.54) is 18.2 Å². The van der Waals surface area contributed by atoms with Gasteiger partial charge in [-0.2, -0.15) is 0 Å². The summed E-state index contributed by atoms with van der Waals surface area (Å²) in [7, 11) is 0. The average Bonchev–Trinajstić information content (AvgIpc) is 2.15. The zero-order valence-electron chi connectivity index (χ0n) is 9.96. The predicted molar refractivity (Wildman–Crippen MR) is 64.2 cm³/mol. The van der Waals surface area contributed by atoms with E-state index in [0.717, 1.165) is 0 Å². The SMILES string of the molecule is CC(C)(O)CNCC(=O)Nc1cccc(F)c1. The summed E-state index contributed by atoms with van der Waals surface area (Å²) in [4.78, 5) is 11.4. The molecule has 94 valence electrons. The van der Waals surface area contributed by atoms with Crippen LogP contribution in [0.1, 0.15) is 13.8 Å². The van der Waals surface area contributed by atoms with Gasteiger partial charge < -0.3 is 15.7 Å². The zero-order chi connectivity index (χ0) is 12.9. The number of anilines is 1. The summed E-state index contributed by atoms with van der Waals surface area (Å²) in [5.41, 5.74) is -0.445. The van der Waals surface area contributed by atoms with Gasteiger partial charge in [-0.05, 0) is 32.0 Å². The first-order valence-corrected chi connectivity index (χ1v) is 5.35. The highest BCUT2D eigenvalue weighted by Gasteiger charge is 2.12. The maximum absolute atomic E-state index is 12.8. The van der Waals surface area contributed by atoms with Crippen LogP contribution in [0.3, 0.4) is 0 Å². The lowest BCUT2D eigenvalue weighted by Gasteiger charge is -2.17. The highest BCUT2D eigenvalue weighted by molar-refractivity contribution is 5.92. The lowest BCUT2D eigenvalue weighted by molar-refractivity contribution is -0.115. The van der Waals surface area contributed by atoms with E-state index in [0.29, 0.717) is 12.2 Å². The van der Waals surface area contributed by atoms with Crippen LogP contribution in [-0.4, -0.2) is 29.7 Å². The molecular formula is C12H17FN2O2. The van der Waals surface area contributed by atoms with Crippen molar-refractivity contribution < 1.29 is 14.3 Å². The Morgan fingerprint density at radius 2 is 2.18 bits per heavy atom. The van der Waals surface area contributed by atoms with Gasteiger partial charge in [-0.25, -0.2) is 4.39 Å². The Labute approximate surface area is 99.8 Å². The number of carbonyl (C=O) groups is 1. The van der Waals surface area contributed by atoms with Gasteiger partial charge >= 0.3 is 0 Å². The molecule has 0 unspecified atom stereocenters. The Morgan fingerprint density at radius 1 is 1.47 bits per heavy atom. The minimum absolute atomic E-state index is 0.0699. The van der Waals surface area contributed by atoms with Crippen LogP contribution in [0.25, 0.3) is 0 Å². The summed E-state index contributed by atoms with van der Waals surface area (Å²) >= 11 is 0. The molecule has 0 aliphatic heterocycles. The van der Waals surface area contributed by atoms with E-state index >= 15 is 0 Å². The Bertz CT molecular complexity index is 388. The Balaban J connectivity index is 2.35. The number of benzene rings is 1. The van der Waals surface area contributed by atoms with Gasteiger partial charge in [-0.1, -0.05) is 6.07 Å². The summed E-state index contributed by atoms with van der Waals surface area (Å²) in [6.07, 6.45) is 0. The molecule has 0 saturated carbocycles. The number of rotatable bonds is 5. The smallest absolute Gasteiger partial charge is 0.238 e. The highest BCUT2D eigenvalue weighted by atomic mass is 19.1. The minimum atomic E-state index is -0.862. The third-order valence-corrected chi connectivity index (χ3v) is 1.95. The first-order chi connectivity index (χ1) is 7.87. The van der Waals surface area contributed by atoms with Crippen molar-refractivity contribution in [3.8, 4) is 0 Å². The summed E-state index contributed by atoms with van der Waals surface area (Å²) in [5, 5.41) is 14.8. The zero-order valence-corrected chi connectivity index (χ0v) is 9.96. The van der Waals surface area contributed by atoms with E-state index in [2.05, 4.69) is 10.6 Å². The maximum Gasteiger partial charge on any atom is 0.238 e. The molecule has 4 nitrogen and oxygen atoms in total. The molecule has 0 bridgehead atoms. The number of carbonyl (C=O) groups excluding carboxylic acids is 1. The van der Waals surface area contributed by atoms with Gasteiger partial charge in [-0.15, -0.1) is 0 Å².